The van der Waals surface area contributed by atoms with Crippen molar-refractivity contribution in [2.24, 2.45) is 0 Å². The zero-order valence-electron chi connectivity index (χ0n) is 7.21. The molecule has 2 rings (SSSR count). The van der Waals surface area contributed by atoms with Gasteiger partial charge in [-0.2, -0.15) is 5.26 Å². The zero-order valence-corrected chi connectivity index (χ0v) is 8.03. The van der Waals surface area contributed by atoms with Gasteiger partial charge in [0.1, 0.15) is 0 Å². The summed E-state index contributed by atoms with van der Waals surface area (Å²) in [6, 6.07) is 8.17. The van der Waals surface area contributed by atoms with Crippen LogP contribution in [0.5, 0.6) is 0 Å². The quantitative estimate of drug-likeness (QED) is 0.682. The highest BCUT2D eigenvalue weighted by Gasteiger charge is 2.11. The van der Waals surface area contributed by atoms with Gasteiger partial charge in [-0.15, -0.1) is 12.4 Å². The van der Waals surface area contributed by atoms with E-state index in [1.54, 1.807) is 0 Å². The van der Waals surface area contributed by atoms with Crippen LogP contribution in [0.3, 0.4) is 0 Å². The van der Waals surface area contributed by atoms with Crippen molar-refractivity contribution in [1.82, 2.24) is 5.32 Å². The van der Waals surface area contributed by atoms with E-state index in [0.29, 0.717) is 0 Å². The standard InChI is InChI=1S/C10H10N2.ClH/c11-6-9-3-1-2-8-4-5-12-7-10(8)9;/h1-3,12H,4-5,7H2;1H. The van der Waals surface area contributed by atoms with E-state index < -0.39 is 0 Å². The van der Waals surface area contributed by atoms with E-state index in [0.717, 1.165) is 25.1 Å². The molecule has 1 aromatic carbocycles. The number of hydrogen-bond acceptors (Lipinski definition) is 2. The lowest BCUT2D eigenvalue weighted by Crippen LogP contribution is -2.24. The second-order valence-electron chi connectivity index (χ2n) is 2.98. The van der Waals surface area contributed by atoms with Crippen LogP contribution in [0.15, 0.2) is 18.2 Å². The molecule has 0 spiro atoms. The van der Waals surface area contributed by atoms with Crippen LogP contribution in [0, 0.1) is 11.3 Å². The lowest BCUT2D eigenvalue weighted by atomic mass is 9.97. The van der Waals surface area contributed by atoms with Gasteiger partial charge in [0.25, 0.3) is 0 Å². The Balaban J connectivity index is 0.000000845. The minimum Gasteiger partial charge on any atom is -0.312 e. The number of rotatable bonds is 0. The maximum Gasteiger partial charge on any atom is 0.0995 e. The Kier molecular flexibility index (Phi) is 3.30. The molecule has 0 saturated carbocycles. The van der Waals surface area contributed by atoms with Gasteiger partial charge in [-0.25, -0.2) is 0 Å². The van der Waals surface area contributed by atoms with Crippen molar-refractivity contribution in [2.75, 3.05) is 6.54 Å². The first-order valence-corrected chi connectivity index (χ1v) is 4.13. The fourth-order valence-electron chi connectivity index (χ4n) is 1.62. The first-order valence-electron chi connectivity index (χ1n) is 4.13. The van der Waals surface area contributed by atoms with E-state index in [4.69, 9.17) is 5.26 Å². The van der Waals surface area contributed by atoms with E-state index >= 15 is 0 Å². The van der Waals surface area contributed by atoms with Crippen molar-refractivity contribution in [1.29, 1.82) is 5.26 Å². The van der Waals surface area contributed by atoms with Gasteiger partial charge in [-0.1, -0.05) is 12.1 Å². The fraction of sp³-hybridized carbons (Fsp3) is 0.300. The number of nitrogens with zero attached hydrogens (tertiary/aromatic N) is 1. The maximum atomic E-state index is 8.82. The lowest BCUT2D eigenvalue weighted by Gasteiger charge is -2.17. The molecule has 13 heavy (non-hydrogen) atoms. The minimum atomic E-state index is 0. The summed E-state index contributed by atoms with van der Waals surface area (Å²) in [7, 11) is 0. The van der Waals surface area contributed by atoms with E-state index in [1.165, 1.54) is 11.1 Å². The molecule has 0 amide bonds. The van der Waals surface area contributed by atoms with Gasteiger partial charge < -0.3 is 5.32 Å². The van der Waals surface area contributed by atoms with E-state index in [1.807, 2.05) is 12.1 Å². The van der Waals surface area contributed by atoms with Crippen molar-refractivity contribution in [3.63, 3.8) is 0 Å². The third-order valence-corrected chi connectivity index (χ3v) is 2.27. The molecule has 1 aliphatic heterocycles. The predicted molar refractivity (Wildman–Crippen MR) is 53.8 cm³/mol. The molecule has 1 heterocycles. The molecule has 0 aliphatic carbocycles. The molecule has 0 saturated heterocycles. The molecule has 0 radical (unpaired) electrons. The lowest BCUT2D eigenvalue weighted by molar-refractivity contribution is 0.642. The molecular formula is C10H11ClN2. The van der Waals surface area contributed by atoms with Crippen LogP contribution in [0.4, 0.5) is 0 Å². The number of nitriles is 1. The summed E-state index contributed by atoms with van der Waals surface area (Å²) in [4.78, 5) is 0. The normalized spacial score (nSPS) is 13.8. The van der Waals surface area contributed by atoms with E-state index in [-0.39, 0.29) is 12.4 Å². The Bertz CT molecular complexity index is 341. The van der Waals surface area contributed by atoms with Gasteiger partial charge in [0.2, 0.25) is 0 Å². The van der Waals surface area contributed by atoms with Gasteiger partial charge in [0.05, 0.1) is 11.6 Å². The summed E-state index contributed by atoms with van der Waals surface area (Å²) in [5.74, 6) is 0. The maximum absolute atomic E-state index is 8.82. The zero-order chi connectivity index (χ0) is 8.39. The molecule has 0 atom stereocenters. The third-order valence-electron chi connectivity index (χ3n) is 2.27. The predicted octanol–water partition coefficient (Wildman–Crippen LogP) is 1.63. The van der Waals surface area contributed by atoms with E-state index in [9.17, 15) is 0 Å². The van der Waals surface area contributed by atoms with Crippen LogP contribution in [0.2, 0.25) is 0 Å². The Morgan fingerprint density at radius 1 is 1.38 bits per heavy atom. The first-order chi connectivity index (χ1) is 5.92. The molecule has 3 heteroatoms. The van der Waals surface area contributed by atoms with Crippen LogP contribution < -0.4 is 5.32 Å². The third kappa shape index (κ3) is 1.82. The van der Waals surface area contributed by atoms with Crippen molar-refractivity contribution in [3.05, 3.63) is 34.9 Å². The molecule has 0 unspecified atom stereocenters. The van der Waals surface area contributed by atoms with Gasteiger partial charge in [-0.3, -0.25) is 0 Å². The Labute approximate surface area is 84.0 Å². The molecule has 68 valence electrons. The highest BCUT2D eigenvalue weighted by molar-refractivity contribution is 5.85. The van der Waals surface area contributed by atoms with Crippen molar-refractivity contribution < 1.29 is 0 Å². The molecule has 0 bridgehead atoms. The van der Waals surface area contributed by atoms with Crippen LogP contribution in [0.25, 0.3) is 0 Å². The first kappa shape index (κ1) is 10.0. The average molecular weight is 195 g/mol. The monoisotopic (exact) mass is 194 g/mol. The molecule has 1 N–H and O–H groups in total. The Hall–Kier alpha value is -1.04. The van der Waals surface area contributed by atoms with Gasteiger partial charge in [-0.05, 0) is 30.2 Å². The minimum absolute atomic E-state index is 0. The highest BCUT2D eigenvalue weighted by atomic mass is 35.5. The molecular weight excluding hydrogens is 184 g/mol. The van der Waals surface area contributed by atoms with E-state index in [2.05, 4.69) is 17.5 Å². The second-order valence-corrected chi connectivity index (χ2v) is 2.98. The second kappa shape index (κ2) is 4.27. The smallest absolute Gasteiger partial charge is 0.0995 e. The fourth-order valence-corrected chi connectivity index (χ4v) is 1.62. The van der Waals surface area contributed by atoms with Gasteiger partial charge in [0, 0.05) is 6.54 Å². The number of benzene rings is 1. The van der Waals surface area contributed by atoms with Crippen LogP contribution in [0.1, 0.15) is 16.7 Å². The summed E-state index contributed by atoms with van der Waals surface area (Å²) in [6.45, 7) is 1.88. The molecule has 1 aromatic rings. The summed E-state index contributed by atoms with van der Waals surface area (Å²) in [5.41, 5.74) is 3.33. The summed E-state index contributed by atoms with van der Waals surface area (Å²) in [5, 5.41) is 12.1. The summed E-state index contributed by atoms with van der Waals surface area (Å²) >= 11 is 0. The van der Waals surface area contributed by atoms with Gasteiger partial charge in [0.15, 0.2) is 0 Å². The van der Waals surface area contributed by atoms with Crippen LogP contribution in [-0.4, -0.2) is 6.54 Å². The topological polar surface area (TPSA) is 35.8 Å². The average Bonchev–Trinajstić information content (AvgIpc) is 2.17. The van der Waals surface area contributed by atoms with Crippen molar-refractivity contribution >= 4 is 12.4 Å². The van der Waals surface area contributed by atoms with Crippen molar-refractivity contribution in [2.45, 2.75) is 13.0 Å². The Morgan fingerprint density at radius 3 is 3.00 bits per heavy atom. The number of fused-ring (bicyclic) bond motifs is 1. The largest absolute Gasteiger partial charge is 0.312 e. The van der Waals surface area contributed by atoms with Crippen molar-refractivity contribution in [3.8, 4) is 6.07 Å². The molecule has 0 aromatic heterocycles. The van der Waals surface area contributed by atoms with Crippen LogP contribution >= 0.6 is 12.4 Å². The SMILES string of the molecule is Cl.N#Cc1cccc2c1CNCC2. The van der Waals surface area contributed by atoms with Crippen LogP contribution in [-0.2, 0) is 13.0 Å². The van der Waals surface area contributed by atoms with Gasteiger partial charge >= 0.3 is 0 Å². The molecule has 2 nitrogen and oxygen atoms in total. The number of halogens is 1. The molecule has 0 fully saturated rings. The Morgan fingerprint density at radius 2 is 2.23 bits per heavy atom. The summed E-state index contributed by atoms with van der Waals surface area (Å²) in [6.07, 6.45) is 1.05. The number of hydrogen-bond donors (Lipinski definition) is 1. The summed E-state index contributed by atoms with van der Waals surface area (Å²) < 4.78 is 0. The molecule has 1 aliphatic rings. The number of nitrogens with one attached hydrogen (secondary N) is 1. The highest BCUT2D eigenvalue weighted by Crippen LogP contribution is 2.17.